The summed E-state index contributed by atoms with van der Waals surface area (Å²) in [7, 11) is 0. The van der Waals surface area contributed by atoms with Crippen LogP contribution in [0, 0.1) is 0 Å². The summed E-state index contributed by atoms with van der Waals surface area (Å²) < 4.78 is 7.38. The number of anilines is 1. The lowest BCUT2D eigenvalue weighted by Gasteiger charge is -2.05. The molecule has 4 aromatic heterocycles. The summed E-state index contributed by atoms with van der Waals surface area (Å²) >= 11 is 3.46. The molecule has 0 aliphatic heterocycles. The molecule has 0 aromatic carbocycles. The average molecular weight is 371 g/mol. The first-order chi connectivity index (χ1) is 12.3. The van der Waals surface area contributed by atoms with Crippen LogP contribution in [-0.4, -0.2) is 21.2 Å². The SMILES string of the molecule is CCOCc1ccc(-c2cnc3ccc(NCc4cccs4)nn23)s1. The Labute approximate surface area is 153 Å². The first-order valence-corrected chi connectivity index (χ1v) is 9.81. The Hall–Kier alpha value is -2.22. The zero-order chi connectivity index (χ0) is 17.1. The van der Waals surface area contributed by atoms with E-state index in [9.17, 15) is 0 Å². The van der Waals surface area contributed by atoms with Gasteiger partial charge < -0.3 is 10.1 Å². The fourth-order valence-corrected chi connectivity index (χ4v) is 4.11. The highest BCUT2D eigenvalue weighted by atomic mass is 32.1. The molecule has 1 N–H and O–H groups in total. The molecule has 0 unspecified atom stereocenters. The highest BCUT2D eigenvalue weighted by molar-refractivity contribution is 7.15. The third kappa shape index (κ3) is 3.58. The lowest BCUT2D eigenvalue weighted by atomic mass is 10.3. The highest BCUT2D eigenvalue weighted by Crippen LogP contribution is 2.29. The van der Waals surface area contributed by atoms with E-state index in [-0.39, 0.29) is 0 Å². The number of rotatable bonds is 7. The van der Waals surface area contributed by atoms with Crippen LogP contribution in [0.1, 0.15) is 16.7 Å². The Balaban J connectivity index is 1.58. The quantitative estimate of drug-likeness (QED) is 0.514. The molecule has 0 saturated heterocycles. The Morgan fingerprint density at radius 1 is 1.16 bits per heavy atom. The predicted octanol–water partition coefficient (Wildman–Crippen LogP) is 4.67. The maximum absolute atomic E-state index is 5.49. The van der Waals surface area contributed by atoms with Gasteiger partial charge in [0.05, 0.1) is 24.2 Å². The molecule has 128 valence electrons. The summed E-state index contributed by atoms with van der Waals surface area (Å²) in [5.74, 6) is 0.839. The van der Waals surface area contributed by atoms with Crippen LogP contribution in [-0.2, 0) is 17.9 Å². The van der Waals surface area contributed by atoms with Crippen LogP contribution < -0.4 is 5.32 Å². The van der Waals surface area contributed by atoms with Crippen LogP contribution in [0.2, 0.25) is 0 Å². The fraction of sp³-hybridized carbons (Fsp3) is 0.222. The predicted molar refractivity (Wildman–Crippen MR) is 103 cm³/mol. The molecule has 5 nitrogen and oxygen atoms in total. The van der Waals surface area contributed by atoms with Gasteiger partial charge in [0.25, 0.3) is 0 Å². The number of hydrogen-bond donors (Lipinski definition) is 1. The largest absolute Gasteiger partial charge is 0.376 e. The van der Waals surface area contributed by atoms with Crippen LogP contribution in [0.3, 0.4) is 0 Å². The molecule has 0 amide bonds. The number of ether oxygens (including phenoxy) is 1. The molecular formula is C18H18N4OS2. The zero-order valence-corrected chi connectivity index (χ0v) is 15.4. The number of fused-ring (bicyclic) bond motifs is 1. The van der Waals surface area contributed by atoms with E-state index in [1.54, 1.807) is 22.7 Å². The Morgan fingerprint density at radius 2 is 2.12 bits per heavy atom. The van der Waals surface area contributed by atoms with E-state index in [1.165, 1.54) is 9.75 Å². The maximum Gasteiger partial charge on any atom is 0.154 e. The van der Waals surface area contributed by atoms with Gasteiger partial charge in [0, 0.05) is 16.4 Å². The topological polar surface area (TPSA) is 51.5 Å². The van der Waals surface area contributed by atoms with Crippen molar-refractivity contribution in [1.82, 2.24) is 14.6 Å². The van der Waals surface area contributed by atoms with Gasteiger partial charge in [0.15, 0.2) is 5.65 Å². The van der Waals surface area contributed by atoms with Gasteiger partial charge in [-0.25, -0.2) is 9.50 Å². The number of imidazole rings is 1. The van der Waals surface area contributed by atoms with Crippen molar-refractivity contribution in [2.45, 2.75) is 20.1 Å². The van der Waals surface area contributed by atoms with Crippen molar-refractivity contribution >= 4 is 34.1 Å². The van der Waals surface area contributed by atoms with Gasteiger partial charge in [-0.15, -0.1) is 27.8 Å². The van der Waals surface area contributed by atoms with Crippen LogP contribution in [0.5, 0.6) is 0 Å². The van der Waals surface area contributed by atoms with Gasteiger partial charge in [-0.1, -0.05) is 6.07 Å². The second-order valence-electron chi connectivity index (χ2n) is 5.47. The Morgan fingerprint density at radius 3 is 2.96 bits per heavy atom. The van der Waals surface area contributed by atoms with Crippen molar-refractivity contribution in [3.8, 4) is 10.6 Å². The molecule has 7 heteroatoms. The summed E-state index contributed by atoms with van der Waals surface area (Å²) in [5, 5.41) is 10.2. The van der Waals surface area contributed by atoms with Gasteiger partial charge in [-0.2, -0.15) is 0 Å². The van der Waals surface area contributed by atoms with Crippen molar-refractivity contribution < 1.29 is 4.74 Å². The molecule has 0 spiro atoms. The van der Waals surface area contributed by atoms with Gasteiger partial charge >= 0.3 is 0 Å². The number of aromatic nitrogens is 3. The van der Waals surface area contributed by atoms with E-state index in [0.717, 1.165) is 35.2 Å². The summed E-state index contributed by atoms with van der Waals surface area (Å²) in [6.07, 6.45) is 1.88. The van der Waals surface area contributed by atoms with E-state index in [4.69, 9.17) is 9.84 Å². The molecule has 25 heavy (non-hydrogen) atoms. The summed E-state index contributed by atoms with van der Waals surface area (Å²) in [6.45, 7) is 4.16. The van der Waals surface area contributed by atoms with Crippen LogP contribution >= 0.6 is 22.7 Å². The second-order valence-corrected chi connectivity index (χ2v) is 7.67. The molecule has 0 aliphatic carbocycles. The van der Waals surface area contributed by atoms with Crippen molar-refractivity contribution in [3.05, 3.63) is 57.7 Å². The third-order valence-corrected chi connectivity index (χ3v) is 5.71. The minimum Gasteiger partial charge on any atom is -0.376 e. The first kappa shape index (κ1) is 16.3. The smallest absolute Gasteiger partial charge is 0.154 e. The van der Waals surface area contributed by atoms with Gasteiger partial charge in [-0.05, 0) is 42.6 Å². The van der Waals surface area contributed by atoms with Crippen molar-refractivity contribution in [2.24, 2.45) is 0 Å². The van der Waals surface area contributed by atoms with E-state index < -0.39 is 0 Å². The molecule has 4 heterocycles. The molecular weight excluding hydrogens is 352 g/mol. The maximum atomic E-state index is 5.49. The first-order valence-electron chi connectivity index (χ1n) is 8.11. The molecule has 0 bridgehead atoms. The van der Waals surface area contributed by atoms with E-state index in [2.05, 4.69) is 39.9 Å². The molecule has 0 fully saturated rings. The third-order valence-electron chi connectivity index (χ3n) is 3.75. The number of nitrogens with zero attached hydrogens (tertiary/aromatic N) is 3. The number of hydrogen-bond acceptors (Lipinski definition) is 6. The van der Waals surface area contributed by atoms with E-state index in [1.807, 2.05) is 29.8 Å². The molecule has 4 aromatic rings. The lowest BCUT2D eigenvalue weighted by Crippen LogP contribution is -2.03. The normalized spacial score (nSPS) is 11.2. The van der Waals surface area contributed by atoms with E-state index in [0.29, 0.717) is 6.61 Å². The molecule has 0 saturated carbocycles. The number of nitrogens with one attached hydrogen (secondary N) is 1. The highest BCUT2D eigenvalue weighted by Gasteiger charge is 2.11. The lowest BCUT2D eigenvalue weighted by molar-refractivity contribution is 0.136. The standard InChI is InChI=1S/C18H18N4OS2/c1-2-23-12-14-5-6-16(25-14)15-11-20-18-8-7-17(21-22(15)18)19-10-13-4-3-9-24-13/h3-9,11H,2,10,12H2,1H3,(H,19,21). The molecule has 0 atom stereocenters. The Bertz CT molecular complexity index is 959. The summed E-state index contributed by atoms with van der Waals surface area (Å²) in [6, 6.07) is 12.3. The fourth-order valence-electron chi connectivity index (χ4n) is 2.52. The molecule has 0 radical (unpaired) electrons. The second kappa shape index (κ2) is 7.35. The van der Waals surface area contributed by atoms with Crippen molar-refractivity contribution in [3.63, 3.8) is 0 Å². The monoisotopic (exact) mass is 370 g/mol. The molecule has 0 aliphatic rings. The van der Waals surface area contributed by atoms with E-state index >= 15 is 0 Å². The minimum absolute atomic E-state index is 0.652. The average Bonchev–Trinajstić information content (AvgIpc) is 3.37. The Kier molecular flexibility index (Phi) is 4.78. The summed E-state index contributed by atoms with van der Waals surface area (Å²) in [5.41, 5.74) is 1.85. The van der Waals surface area contributed by atoms with Crippen molar-refractivity contribution in [1.29, 1.82) is 0 Å². The molecule has 4 rings (SSSR count). The van der Waals surface area contributed by atoms with Crippen LogP contribution in [0.25, 0.3) is 16.2 Å². The van der Waals surface area contributed by atoms with Crippen LogP contribution in [0.15, 0.2) is 48.0 Å². The van der Waals surface area contributed by atoms with Gasteiger partial charge in [0.2, 0.25) is 0 Å². The minimum atomic E-state index is 0.652. The van der Waals surface area contributed by atoms with Crippen LogP contribution in [0.4, 0.5) is 5.82 Å². The number of thiophene rings is 2. The zero-order valence-electron chi connectivity index (χ0n) is 13.8. The summed E-state index contributed by atoms with van der Waals surface area (Å²) in [4.78, 5) is 8.10. The van der Waals surface area contributed by atoms with Crippen molar-refractivity contribution in [2.75, 3.05) is 11.9 Å². The van der Waals surface area contributed by atoms with Gasteiger partial charge in [0.1, 0.15) is 11.5 Å². The van der Waals surface area contributed by atoms with Gasteiger partial charge in [-0.3, -0.25) is 0 Å².